The van der Waals surface area contributed by atoms with Crippen molar-refractivity contribution in [2.75, 3.05) is 12.3 Å². The Kier molecular flexibility index (Phi) is 6.75. The molecule has 3 aromatic rings. The van der Waals surface area contributed by atoms with E-state index >= 15 is 0 Å². The van der Waals surface area contributed by atoms with Gasteiger partial charge < -0.3 is 5.32 Å². The van der Waals surface area contributed by atoms with Crippen LogP contribution < -0.4 is 10.9 Å². The van der Waals surface area contributed by atoms with E-state index in [0.717, 1.165) is 6.42 Å². The van der Waals surface area contributed by atoms with Gasteiger partial charge in [-0.15, -0.1) is 0 Å². The van der Waals surface area contributed by atoms with Gasteiger partial charge in [-0.05, 0) is 42.7 Å². The summed E-state index contributed by atoms with van der Waals surface area (Å²) in [5, 5.41) is 4.42. The monoisotopic (exact) mass is 415 g/mol. The molecule has 0 aliphatic rings. The fraction of sp³-hybridized carbons (Fsp3) is 0.286. The molecule has 3 rings (SSSR count). The summed E-state index contributed by atoms with van der Waals surface area (Å²) >= 11 is 7.36. The minimum absolute atomic E-state index is 0.0781. The van der Waals surface area contributed by atoms with Crippen LogP contribution in [0.3, 0.4) is 0 Å². The van der Waals surface area contributed by atoms with Gasteiger partial charge in [-0.3, -0.25) is 14.2 Å². The molecule has 0 fully saturated rings. The number of para-hydroxylation sites is 1. The average Bonchev–Trinajstić information content (AvgIpc) is 2.66. The summed E-state index contributed by atoms with van der Waals surface area (Å²) in [4.78, 5) is 29.9. The maximum Gasteiger partial charge on any atom is 0.266 e. The van der Waals surface area contributed by atoms with E-state index in [9.17, 15) is 9.59 Å². The molecule has 0 aliphatic carbocycles. The van der Waals surface area contributed by atoms with E-state index in [1.54, 1.807) is 36.4 Å². The molecular formula is C21H22ClN3O2S. The number of aromatic nitrogens is 2. The first-order valence-electron chi connectivity index (χ1n) is 9.13. The summed E-state index contributed by atoms with van der Waals surface area (Å²) in [6.45, 7) is 4.87. The van der Waals surface area contributed by atoms with E-state index in [2.05, 4.69) is 24.1 Å². The highest BCUT2D eigenvalue weighted by Gasteiger charge is 2.15. The first-order valence-corrected chi connectivity index (χ1v) is 10.5. The molecule has 7 heteroatoms. The molecule has 0 spiro atoms. The normalized spacial score (nSPS) is 11.1. The van der Waals surface area contributed by atoms with Crippen LogP contribution in [0.15, 0.2) is 58.5 Å². The molecule has 0 radical (unpaired) electrons. The standard InChI is InChI=1S/C21H22ClN3O2S/c1-14(2)10-11-23-19(26)13-28-21-24-18-9-4-3-8-17(18)20(27)25(21)16-7-5-6-15(22)12-16/h3-9,12,14H,10-11,13H2,1-2H3,(H,23,26). The zero-order valence-corrected chi connectivity index (χ0v) is 17.4. The zero-order chi connectivity index (χ0) is 20.1. The molecule has 1 heterocycles. The van der Waals surface area contributed by atoms with Gasteiger partial charge in [0.25, 0.3) is 5.56 Å². The molecule has 0 unspecified atom stereocenters. The second-order valence-electron chi connectivity index (χ2n) is 6.85. The molecule has 0 saturated heterocycles. The number of halogens is 1. The number of fused-ring (bicyclic) bond motifs is 1. The fourth-order valence-corrected chi connectivity index (χ4v) is 3.76. The Hall–Kier alpha value is -2.31. The van der Waals surface area contributed by atoms with Gasteiger partial charge in [0.15, 0.2) is 5.16 Å². The van der Waals surface area contributed by atoms with Crippen LogP contribution in [0.2, 0.25) is 5.02 Å². The van der Waals surface area contributed by atoms with Gasteiger partial charge in [-0.1, -0.05) is 55.4 Å². The fourth-order valence-electron chi connectivity index (χ4n) is 2.73. The number of nitrogens with zero attached hydrogens (tertiary/aromatic N) is 2. The van der Waals surface area contributed by atoms with Crippen LogP contribution >= 0.6 is 23.4 Å². The van der Waals surface area contributed by atoms with E-state index in [1.807, 2.05) is 12.1 Å². The third kappa shape index (κ3) is 4.94. The quantitative estimate of drug-likeness (QED) is 0.461. The van der Waals surface area contributed by atoms with Crippen molar-refractivity contribution in [3.8, 4) is 5.69 Å². The minimum Gasteiger partial charge on any atom is -0.355 e. The highest BCUT2D eigenvalue weighted by molar-refractivity contribution is 7.99. The maximum absolute atomic E-state index is 13.1. The van der Waals surface area contributed by atoms with Crippen molar-refractivity contribution in [3.63, 3.8) is 0 Å². The molecule has 2 aromatic carbocycles. The summed E-state index contributed by atoms with van der Waals surface area (Å²) in [6.07, 6.45) is 0.928. The van der Waals surface area contributed by atoms with E-state index < -0.39 is 0 Å². The van der Waals surface area contributed by atoms with Gasteiger partial charge >= 0.3 is 0 Å². The van der Waals surface area contributed by atoms with Gasteiger partial charge in [0, 0.05) is 11.6 Å². The number of nitrogens with one attached hydrogen (secondary N) is 1. The maximum atomic E-state index is 13.1. The minimum atomic E-state index is -0.185. The average molecular weight is 416 g/mol. The number of rotatable bonds is 7. The Bertz CT molecular complexity index is 1050. The van der Waals surface area contributed by atoms with E-state index in [4.69, 9.17) is 11.6 Å². The summed E-state index contributed by atoms with van der Waals surface area (Å²) in [5.41, 5.74) is 1.04. The summed E-state index contributed by atoms with van der Waals surface area (Å²) in [7, 11) is 0. The largest absolute Gasteiger partial charge is 0.355 e. The molecule has 28 heavy (non-hydrogen) atoms. The topological polar surface area (TPSA) is 64.0 Å². The Morgan fingerprint density at radius 1 is 1.21 bits per heavy atom. The SMILES string of the molecule is CC(C)CCNC(=O)CSc1nc2ccccc2c(=O)n1-c1cccc(Cl)c1. The molecule has 5 nitrogen and oxygen atoms in total. The molecule has 0 aliphatic heterocycles. The Balaban J connectivity index is 1.93. The third-order valence-electron chi connectivity index (χ3n) is 4.19. The van der Waals surface area contributed by atoms with Crippen LogP contribution in [0, 0.1) is 5.92 Å². The van der Waals surface area contributed by atoms with E-state index in [-0.39, 0.29) is 17.2 Å². The lowest BCUT2D eigenvalue weighted by molar-refractivity contribution is -0.118. The van der Waals surface area contributed by atoms with Crippen LogP contribution in [0.5, 0.6) is 0 Å². The lowest BCUT2D eigenvalue weighted by atomic mass is 10.1. The number of hydrogen-bond donors (Lipinski definition) is 1. The van der Waals surface area contributed by atoms with Crippen molar-refractivity contribution < 1.29 is 4.79 Å². The predicted molar refractivity (Wildman–Crippen MR) is 116 cm³/mol. The summed E-state index contributed by atoms with van der Waals surface area (Å²) in [6, 6.07) is 14.2. The van der Waals surface area contributed by atoms with Crippen LogP contribution in [-0.2, 0) is 4.79 Å². The predicted octanol–water partition coefficient (Wildman–Crippen LogP) is 4.29. The van der Waals surface area contributed by atoms with Crippen molar-refractivity contribution >= 4 is 40.2 Å². The number of amides is 1. The third-order valence-corrected chi connectivity index (χ3v) is 5.36. The van der Waals surface area contributed by atoms with E-state index in [0.29, 0.717) is 39.2 Å². The molecule has 0 atom stereocenters. The van der Waals surface area contributed by atoms with Crippen LogP contribution in [0.25, 0.3) is 16.6 Å². The van der Waals surface area contributed by atoms with Gasteiger partial charge in [-0.2, -0.15) is 0 Å². The van der Waals surface area contributed by atoms with Gasteiger partial charge in [0.2, 0.25) is 5.91 Å². The van der Waals surface area contributed by atoms with Crippen molar-refractivity contribution in [2.24, 2.45) is 5.92 Å². The second-order valence-corrected chi connectivity index (χ2v) is 8.23. The van der Waals surface area contributed by atoms with Gasteiger partial charge in [0.05, 0.1) is 22.3 Å². The molecule has 1 amide bonds. The molecule has 1 N–H and O–H groups in total. The molecule has 1 aromatic heterocycles. The van der Waals surface area contributed by atoms with Crippen molar-refractivity contribution in [3.05, 3.63) is 63.9 Å². The van der Waals surface area contributed by atoms with Crippen LogP contribution in [0.4, 0.5) is 0 Å². The smallest absolute Gasteiger partial charge is 0.266 e. The number of carbonyl (C=O) groups excluding carboxylic acids is 1. The molecule has 146 valence electrons. The number of hydrogen-bond acceptors (Lipinski definition) is 4. The molecular weight excluding hydrogens is 394 g/mol. The molecule has 0 bridgehead atoms. The summed E-state index contributed by atoms with van der Waals surface area (Å²) < 4.78 is 1.51. The first kappa shape index (κ1) is 20.4. The van der Waals surface area contributed by atoms with Crippen molar-refractivity contribution in [1.29, 1.82) is 0 Å². The van der Waals surface area contributed by atoms with Crippen molar-refractivity contribution in [1.82, 2.24) is 14.9 Å². The highest BCUT2D eigenvalue weighted by atomic mass is 35.5. The highest BCUT2D eigenvalue weighted by Crippen LogP contribution is 2.22. The first-order chi connectivity index (χ1) is 13.5. The van der Waals surface area contributed by atoms with Crippen LogP contribution in [-0.4, -0.2) is 27.8 Å². The van der Waals surface area contributed by atoms with E-state index in [1.165, 1.54) is 16.3 Å². The zero-order valence-electron chi connectivity index (χ0n) is 15.8. The van der Waals surface area contributed by atoms with Gasteiger partial charge in [0.1, 0.15) is 0 Å². The van der Waals surface area contributed by atoms with Crippen molar-refractivity contribution in [2.45, 2.75) is 25.4 Å². The number of benzene rings is 2. The van der Waals surface area contributed by atoms with Crippen LogP contribution in [0.1, 0.15) is 20.3 Å². The summed E-state index contributed by atoms with van der Waals surface area (Å²) in [5.74, 6) is 0.637. The lowest BCUT2D eigenvalue weighted by Crippen LogP contribution is -2.28. The second kappa shape index (κ2) is 9.26. The number of carbonyl (C=O) groups is 1. The number of thioether (sulfide) groups is 1. The Morgan fingerprint density at radius 2 is 2.00 bits per heavy atom. The Morgan fingerprint density at radius 3 is 2.75 bits per heavy atom. The molecule has 0 saturated carbocycles. The Labute approximate surface area is 173 Å². The lowest BCUT2D eigenvalue weighted by Gasteiger charge is -2.13. The van der Waals surface area contributed by atoms with Gasteiger partial charge in [-0.25, -0.2) is 4.98 Å².